The van der Waals surface area contributed by atoms with Crippen molar-refractivity contribution >= 4 is 0 Å². The highest BCUT2D eigenvalue weighted by molar-refractivity contribution is 4.56. The summed E-state index contributed by atoms with van der Waals surface area (Å²) in [6, 6.07) is 0. The van der Waals surface area contributed by atoms with E-state index < -0.39 is 0 Å². The first-order chi connectivity index (χ1) is 8.35. The zero-order chi connectivity index (χ0) is 12.8. The lowest BCUT2D eigenvalue weighted by atomic mass is 10.1. The van der Waals surface area contributed by atoms with Crippen molar-refractivity contribution in [3.8, 4) is 0 Å². The maximum Gasteiger partial charge on any atom is 0.0805 e. The number of ether oxygens (including phenoxy) is 1. The van der Waals surface area contributed by atoms with Gasteiger partial charge < -0.3 is 9.84 Å². The Morgan fingerprint density at radius 1 is 0.824 bits per heavy atom. The van der Waals surface area contributed by atoms with Crippen LogP contribution in [0.1, 0.15) is 78.1 Å². The minimum atomic E-state index is 0.0807. The molecule has 0 aliphatic rings. The van der Waals surface area contributed by atoms with Crippen LogP contribution >= 0.6 is 0 Å². The molecule has 2 heteroatoms. The molecular formula is C15H32O2. The van der Waals surface area contributed by atoms with Crippen LogP contribution in [0.15, 0.2) is 0 Å². The number of rotatable bonds is 13. The highest BCUT2D eigenvalue weighted by atomic mass is 16.5. The summed E-state index contributed by atoms with van der Waals surface area (Å²) >= 11 is 0. The summed E-state index contributed by atoms with van der Waals surface area (Å²) in [6.07, 6.45) is 12.5. The largest absolute Gasteiger partial charge is 0.394 e. The van der Waals surface area contributed by atoms with E-state index in [2.05, 4.69) is 13.8 Å². The molecule has 0 aromatic rings. The number of aliphatic hydroxyl groups excluding tert-OH is 1. The van der Waals surface area contributed by atoms with Gasteiger partial charge in [0.25, 0.3) is 0 Å². The van der Waals surface area contributed by atoms with Crippen LogP contribution in [0.3, 0.4) is 0 Å². The molecule has 17 heavy (non-hydrogen) atoms. The highest BCUT2D eigenvalue weighted by Gasteiger charge is 2.06. The van der Waals surface area contributed by atoms with Crippen molar-refractivity contribution in [1.82, 2.24) is 0 Å². The lowest BCUT2D eigenvalue weighted by Crippen LogP contribution is -2.18. The standard InChI is InChI=1S/C15H32O2/c1-3-5-7-8-9-11-13-17-15(14-16)12-10-6-4-2/h15-16H,3-14H2,1-2H3. The van der Waals surface area contributed by atoms with E-state index in [1.807, 2.05) is 0 Å². The molecule has 0 saturated heterocycles. The molecule has 2 nitrogen and oxygen atoms in total. The van der Waals surface area contributed by atoms with E-state index in [0.29, 0.717) is 0 Å². The quantitative estimate of drug-likeness (QED) is 0.489. The molecule has 0 heterocycles. The Balaban J connectivity index is 3.25. The average molecular weight is 244 g/mol. The van der Waals surface area contributed by atoms with Crippen LogP contribution in [-0.2, 0) is 4.74 Å². The lowest BCUT2D eigenvalue weighted by Gasteiger charge is -2.15. The van der Waals surface area contributed by atoms with Gasteiger partial charge in [0.15, 0.2) is 0 Å². The van der Waals surface area contributed by atoms with Gasteiger partial charge in [-0.25, -0.2) is 0 Å². The zero-order valence-electron chi connectivity index (χ0n) is 11.9. The molecule has 0 spiro atoms. The summed E-state index contributed by atoms with van der Waals surface area (Å²) in [5, 5.41) is 9.17. The molecule has 0 aromatic heterocycles. The van der Waals surface area contributed by atoms with Crippen LogP contribution in [0, 0.1) is 0 Å². The molecule has 0 aromatic carbocycles. The van der Waals surface area contributed by atoms with Crippen LogP contribution in [0.5, 0.6) is 0 Å². The first kappa shape index (κ1) is 16.9. The van der Waals surface area contributed by atoms with Crippen molar-refractivity contribution in [3.63, 3.8) is 0 Å². The van der Waals surface area contributed by atoms with Gasteiger partial charge in [0.1, 0.15) is 0 Å². The third-order valence-corrected chi connectivity index (χ3v) is 3.18. The van der Waals surface area contributed by atoms with E-state index in [-0.39, 0.29) is 12.7 Å². The predicted molar refractivity (Wildman–Crippen MR) is 74.3 cm³/mol. The third-order valence-electron chi connectivity index (χ3n) is 3.18. The van der Waals surface area contributed by atoms with Gasteiger partial charge in [0.05, 0.1) is 12.7 Å². The Morgan fingerprint density at radius 3 is 2.06 bits per heavy atom. The summed E-state index contributed by atoms with van der Waals surface area (Å²) in [5.74, 6) is 0. The number of aliphatic hydroxyl groups is 1. The molecule has 0 rings (SSSR count). The van der Waals surface area contributed by atoms with E-state index >= 15 is 0 Å². The van der Waals surface area contributed by atoms with Crippen LogP contribution < -0.4 is 0 Å². The summed E-state index contributed by atoms with van der Waals surface area (Å²) in [7, 11) is 0. The van der Waals surface area contributed by atoms with Crippen molar-refractivity contribution in [2.45, 2.75) is 84.2 Å². The van der Waals surface area contributed by atoms with Gasteiger partial charge in [-0.15, -0.1) is 0 Å². The SMILES string of the molecule is CCCCCCCCOC(CO)CCCCC. The van der Waals surface area contributed by atoms with Crippen LogP contribution in [0.25, 0.3) is 0 Å². The van der Waals surface area contributed by atoms with Crippen molar-refractivity contribution in [3.05, 3.63) is 0 Å². The molecule has 104 valence electrons. The highest BCUT2D eigenvalue weighted by Crippen LogP contribution is 2.09. The van der Waals surface area contributed by atoms with E-state index in [4.69, 9.17) is 4.74 Å². The second-order valence-corrected chi connectivity index (χ2v) is 4.94. The van der Waals surface area contributed by atoms with E-state index in [0.717, 1.165) is 19.4 Å². The molecule has 0 aliphatic carbocycles. The number of hydrogen-bond donors (Lipinski definition) is 1. The van der Waals surface area contributed by atoms with Crippen molar-refractivity contribution in [1.29, 1.82) is 0 Å². The van der Waals surface area contributed by atoms with E-state index in [1.165, 1.54) is 51.4 Å². The maximum atomic E-state index is 9.17. The van der Waals surface area contributed by atoms with Crippen molar-refractivity contribution in [2.24, 2.45) is 0 Å². The molecule has 1 atom stereocenters. The first-order valence-corrected chi connectivity index (χ1v) is 7.57. The van der Waals surface area contributed by atoms with Gasteiger partial charge in [0.2, 0.25) is 0 Å². The van der Waals surface area contributed by atoms with E-state index in [1.54, 1.807) is 0 Å². The second-order valence-electron chi connectivity index (χ2n) is 4.94. The maximum absolute atomic E-state index is 9.17. The lowest BCUT2D eigenvalue weighted by molar-refractivity contribution is 0.00504. The molecule has 1 N–H and O–H groups in total. The third kappa shape index (κ3) is 12.2. The average Bonchev–Trinajstić information content (AvgIpc) is 2.35. The van der Waals surface area contributed by atoms with Gasteiger partial charge in [-0.3, -0.25) is 0 Å². The molecule has 0 radical (unpaired) electrons. The summed E-state index contributed by atoms with van der Waals surface area (Å²) in [4.78, 5) is 0. The van der Waals surface area contributed by atoms with Crippen molar-refractivity contribution in [2.75, 3.05) is 13.2 Å². The van der Waals surface area contributed by atoms with Gasteiger partial charge >= 0.3 is 0 Å². The fourth-order valence-corrected chi connectivity index (χ4v) is 1.98. The molecule has 0 bridgehead atoms. The van der Waals surface area contributed by atoms with Crippen molar-refractivity contribution < 1.29 is 9.84 Å². The zero-order valence-corrected chi connectivity index (χ0v) is 11.9. The summed E-state index contributed by atoms with van der Waals surface area (Å²) in [6.45, 7) is 5.44. The van der Waals surface area contributed by atoms with E-state index in [9.17, 15) is 5.11 Å². The Morgan fingerprint density at radius 2 is 1.41 bits per heavy atom. The Labute approximate surface area is 108 Å². The Kier molecular flexibility index (Phi) is 13.9. The van der Waals surface area contributed by atoms with Crippen LogP contribution in [0.2, 0.25) is 0 Å². The van der Waals surface area contributed by atoms with Crippen LogP contribution in [0.4, 0.5) is 0 Å². The van der Waals surface area contributed by atoms with Gasteiger partial charge in [-0.2, -0.15) is 0 Å². The first-order valence-electron chi connectivity index (χ1n) is 7.57. The smallest absolute Gasteiger partial charge is 0.0805 e. The summed E-state index contributed by atoms with van der Waals surface area (Å²) in [5.41, 5.74) is 0. The molecular weight excluding hydrogens is 212 g/mol. The Bertz CT molecular complexity index is 137. The number of unbranched alkanes of at least 4 members (excludes halogenated alkanes) is 7. The fourth-order valence-electron chi connectivity index (χ4n) is 1.98. The van der Waals surface area contributed by atoms with Gasteiger partial charge in [-0.1, -0.05) is 65.2 Å². The normalized spacial score (nSPS) is 12.9. The molecule has 0 fully saturated rings. The monoisotopic (exact) mass is 244 g/mol. The summed E-state index contributed by atoms with van der Waals surface area (Å²) < 4.78 is 5.69. The number of hydrogen-bond acceptors (Lipinski definition) is 2. The fraction of sp³-hybridized carbons (Fsp3) is 1.00. The van der Waals surface area contributed by atoms with Gasteiger partial charge in [0, 0.05) is 6.61 Å². The minimum absolute atomic E-state index is 0.0807. The second kappa shape index (κ2) is 14.0. The Hall–Kier alpha value is -0.0800. The predicted octanol–water partition coefficient (Wildman–Crippen LogP) is 4.30. The minimum Gasteiger partial charge on any atom is -0.394 e. The molecule has 0 amide bonds. The molecule has 1 unspecified atom stereocenters. The van der Waals surface area contributed by atoms with Gasteiger partial charge in [-0.05, 0) is 12.8 Å². The molecule has 0 saturated carbocycles. The molecule has 0 aliphatic heterocycles. The van der Waals surface area contributed by atoms with Crippen LogP contribution in [-0.4, -0.2) is 24.4 Å². The topological polar surface area (TPSA) is 29.5 Å².